The van der Waals surface area contributed by atoms with Gasteiger partial charge in [0.15, 0.2) is 0 Å². The van der Waals surface area contributed by atoms with Gasteiger partial charge in [-0.1, -0.05) is 19.9 Å². The van der Waals surface area contributed by atoms with Gasteiger partial charge in [-0.3, -0.25) is 4.79 Å². The van der Waals surface area contributed by atoms with Crippen molar-refractivity contribution < 1.29 is 4.79 Å². The van der Waals surface area contributed by atoms with Gasteiger partial charge in [-0.05, 0) is 62.1 Å². The lowest BCUT2D eigenvalue weighted by Gasteiger charge is -2.23. The number of nitrogens with zero attached hydrogens (tertiary/aromatic N) is 1. The Morgan fingerprint density at radius 3 is 2.60 bits per heavy atom. The van der Waals surface area contributed by atoms with Crippen LogP contribution in [0.3, 0.4) is 0 Å². The zero-order valence-electron chi connectivity index (χ0n) is 15.8. The van der Waals surface area contributed by atoms with Crippen LogP contribution in [0.15, 0.2) is 18.2 Å². The first-order valence-electron chi connectivity index (χ1n) is 9.29. The van der Waals surface area contributed by atoms with Gasteiger partial charge in [0.05, 0.1) is 0 Å². The number of carbonyl (C=O) groups is 1. The van der Waals surface area contributed by atoms with Gasteiger partial charge in [-0.15, -0.1) is 12.4 Å². The second-order valence-corrected chi connectivity index (χ2v) is 8.03. The fourth-order valence-corrected chi connectivity index (χ4v) is 4.08. The van der Waals surface area contributed by atoms with Gasteiger partial charge in [0.2, 0.25) is 0 Å². The van der Waals surface area contributed by atoms with E-state index in [0.29, 0.717) is 23.8 Å². The molecule has 3 rings (SSSR count). The summed E-state index contributed by atoms with van der Waals surface area (Å²) in [5, 5.41) is 3.55. The smallest absolute Gasteiger partial charge is 0.254 e. The van der Waals surface area contributed by atoms with Crippen LogP contribution in [0.4, 0.5) is 5.69 Å². The summed E-state index contributed by atoms with van der Waals surface area (Å²) < 4.78 is 0. The number of rotatable bonds is 4. The van der Waals surface area contributed by atoms with Gasteiger partial charge in [-0.25, -0.2) is 0 Å². The molecular formula is C20H32ClN3O. The Labute approximate surface area is 157 Å². The summed E-state index contributed by atoms with van der Waals surface area (Å²) >= 11 is 0. The molecule has 4 unspecified atom stereocenters. The molecule has 4 atom stereocenters. The van der Waals surface area contributed by atoms with Crippen LogP contribution in [0.5, 0.6) is 0 Å². The topological polar surface area (TPSA) is 58.4 Å². The van der Waals surface area contributed by atoms with Gasteiger partial charge in [0, 0.05) is 36.4 Å². The van der Waals surface area contributed by atoms with Crippen molar-refractivity contribution >= 4 is 24.0 Å². The molecule has 1 aromatic carbocycles. The largest absolute Gasteiger partial charge is 0.382 e. The number of hydrogen-bond acceptors (Lipinski definition) is 3. The zero-order valence-corrected chi connectivity index (χ0v) is 16.6. The Hall–Kier alpha value is -1.26. The van der Waals surface area contributed by atoms with E-state index in [4.69, 9.17) is 5.73 Å². The summed E-state index contributed by atoms with van der Waals surface area (Å²) in [4.78, 5) is 15.1. The van der Waals surface area contributed by atoms with Crippen LogP contribution in [0.1, 0.15) is 49.5 Å². The van der Waals surface area contributed by atoms with E-state index < -0.39 is 0 Å². The van der Waals surface area contributed by atoms with Crippen molar-refractivity contribution in [3.63, 3.8) is 0 Å². The number of carbonyl (C=O) groups excluding carboxylic acids is 1. The molecule has 0 bridgehead atoms. The highest BCUT2D eigenvalue weighted by atomic mass is 35.5. The quantitative estimate of drug-likeness (QED) is 0.855. The molecule has 1 amide bonds. The number of hydrogen-bond donors (Lipinski definition) is 2. The molecule has 1 aliphatic carbocycles. The van der Waals surface area contributed by atoms with Gasteiger partial charge in [0.25, 0.3) is 5.91 Å². The lowest BCUT2D eigenvalue weighted by molar-refractivity contribution is 0.0779. The number of benzene rings is 1. The fourth-order valence-electron chi connectivity index (χ4n) is 4.08. The third-order valence-electron chi connectivity index (χ3n) is 6.15. The SMILES string of the molecule is Cc1c(NC(C)C(C)C)cccc1C(=O)N1CC2CCC(N)C2C1.Cl. The maximum atomic E-state index is 13.0. The number of nitrogens with two attached hydrogens (primary N) is 1. The summed E-state index contributed by atoms with van der Waals surface area (Å²) in [6.07, 6.45) is 2.28. The Bertz CT molecular complexity index is 619. The molecule has 140 valence electrons. The number of fused-ring (bicyclic) bond motifs is 1. The summed E-state index contributed by atoms with van der Waals surface area (Å²) in [6, 6.07) is 6.65. The summed E-state index contributed by atoms with van der Waals surface area (Å²) in [5.74, 6) is 1.81. The van der Waals surface area contributed by atoms with Crippen molar-refractivity contribution in [2.24, 2.45) is 23.5 Å². The van der Waals surface area contributed by atoms with E-state index >= 15 is 0 Å². The predicted octanol–water partition coefficient (Wildman–Crippen LogP) is 3.68. The Balaban J connectivity index is 0.00000225. The summed E-state index contributed by atoms with van der Waals surface area (Å²) in [7, 11) is 0. The molecule has 0 radical (unpaired) electrons. The Morgan fingerprint density at radius 2 is 1.96 bits per heavy atom. The molecule has 2 fully saturated rings. The molecule has 4 nitrogen and oxygen atoms in total. The lowest BCUT2D eigenvalue weighted by atomic mass is 9.98. The Morgan fingerprint density at radius 1 is 1.24 bits per heavy atom. The lowest BCUT2D eigenvalue weighted by Crippen LogP contribution is -2.34. The minimum absolute atomic E-state index is 0. The number of anilines is 1. The van der Waals surface area contributed by atoms with Crippen LogP contribution < -0.4 is 11.1 Å². The third-order valence-corrected chi connectivity index (χ3v) is 6.15. The highest BCUT2D eigenvalue weighted by Crippen LogP contribution is 2.38. The molecule has 1 aromatic rings. The number of nitrogens with one attached hydrogen (secondary N) is 1. The molecule has 3 N–H and O–H groups in total. The van der Waals surface area contributed by atoms with Crippen LogP contribution in [0, 0.1) is 24.7 Å². The third kappa shape index (κ3) is 3.95. The van der Waals surface area contributed by atoms with Gasteiger partial charge in [0.1, 0.15) is 0 Å². The monoisotopic (exact) mass is 365 g/mol. The van der Waals surface area contributed by atoms with E-state index in [1.54, 1.807) is 0 Å². The minimum atomic E-state index is 0. The summed E-state index contributed by atoms with van der Waals surface area (Å²) in [5.41, 5.74) is 9.15. The second-order valence-electron chi connectivity index (χ2n) is 8.03. The van der Waals surface area contributed by atoms with Crippen molar-refractivity contribution in [3.8, 4) is 0 Å². The summed E-state index contributed by atoms with van der Waals surface area (Å²) in [6.45, 7) is 10.3. The van der Waals surface area contributed by atoms with Crippen LogP contribution in [0.25, 0.3) is 0 Å². The molecule has 5 heteroatoms. The van der Waals surface area contributed by atoms with Crippen molar-refractivity contribution in [2.75, 3.05) is 18.4 Å². The number of likely N-dealkylation sites (tertiary alicyclic amines) is 1. The molecule has 0 spiro atoms. The van der Waals surface area contributed by atoms with E-state index in [1.807, 2.05) is 24.0 Å². The molecule has 1 saturated carbocycles. The maximum absolute atomic E-state index is 13.0. The van der Waals surface area contributed by atoms with Gasteiger partial charge < -0.3 is 16.0 Å². The normalized spacial score (nSPS) is 26.3. The molecular weight excluding hydrogens is 334 g/mol. The van der Waals surface area contributed by atoms with Crippen LogP contribution in [0.2, 0.25) is 0 Å². The molecule has 25 heavy (non-hydrogen) atoms. The number of halogens is 1. The van der Waals surface area contributed by atoms with E-state index in [1.165, 1.54) is 6.42 Å². The first kappa shape index (κ1) is 20.1. The molecule has 1 aliphatic heterocycles. The molecule has 0 aromatic heterocycles. The average Bonchev–Trinajstić information content (AvgIpc) is 3.11. The highest BCUT2D eigenvalue weighted by Gasteiger charge is 2.42. The first-order valence-corrected chi connectivity index (χ1v) is 9.29. The fraction of sp³-hybridized carbons (Fsp3) is 0.650. The average molecular weight is 366 g/mol. The zero-order chi connectivity index (χ0) is 17.4. The van der Waals surface area contributed by atoms with E-state index in [2.05, 4.69) is 32.2 Å². The van der Waals surface area contributed by atoms with Gasteiger partial charge >= 0.3 is 0 Å². The standard InChI is InChI=1S/C20H31N3O.ClH/c1-12(2)14(4)22-19-7-5-6-16(13(19)3)20(24)23-10-15-8-9-18(21)17(15)11-23;/h5-7,12,14-15,17-18,22H,8-11,21H2,1-4H3;1H. The van der Waals surface area contributed by atoms with Crippen molar-refractivity contribution in [3.05, 3.63) is 29.3 Å². The van der Waals surface area contributed by atoms with E-state index in [-0.39, 0.29) is 24.4 Å². The van der Waals surface area contributed by atoms with Crippen molar-refractivity contribution in [2.45, 2.75) is 52.6 Å². The van der Waals surface area contributed by atoms with Crippen LogP contribution in [-0.2, 0) is 0 Å². The molecule has 1 saturated heterocycles. The second kappa shape index (κ2) is 7.96. The number of amides is 1. The van der Waals surface area contributed by atoms with Gasteiger partial charge in [-0.2, -0.15) is 0 Å². The molecule has 2 aliphatic rings. The van der Waals surface area contributed by atoms with Crippen molar-refractivity contribution in [1.82, 2.24) is 4.90 Å². The Kier molecular flexibility index (Phi) is 6.39. The minimum Gasteiger partial charge on any atom is -0.382 e. The maximum Gasteiger partial charge on any atom is 0.254 e. The predicted molar refractivity (Wildman–Crippen MR) is 106 cm³/mol. The molecule has 1 heterocycles. The van der Waals surface area contributed by atoms with E-state index in [9.17, 15) is 4.79 Å². The first-order chi connectivity index (χ1) is 11.4. The van der Waals surface area contributed by atoms with Crippen molar-refractivity contribution in [1.29, 1.82) is 0 Å². The van der Waals surface area contributed by atoms with Crippen LogP contribution >= 0.6 is 12.4 Å². The van der Waals surface area contributed by atoms with Crippen LogP contribution in [-0.4, -0.2) is 36.0 Å². The highest BCUT2D eigenvalue weighted by molar-refractivity contribution is 5.97. The van der Waals surface area contributed by atoms with E-state index in [0.717, 1.165) is 36.3 Å².